The molecule has 4 atom stereocenters. The number of aliphatic carboxylic acids is 1. The van der Waals surface area contributed by atoms with Crippen molar-refractivity contribution in [1.82, 2.24) is 10.6 Å². The highest BCUT2D eigenvalue weighted by atomic mass is 16.4. The van der Waals surface area contributed by atoms with Gasteiger partial charge in [0.15, 0.2) is 5.96 Å². The van der Waals surface area contributed by atoms with Crippen molar-refractivity contribution in [2.75, 3.05) is 6.54 Å². The monoisotopic (exact) mass is 450 g/mol. The zero-order valence-electron chi connectivity index (χ0n) is 18.5. The van der Waals surface area contributed by atoms with E-state index in [1.54, 1.807) is 12.1 Å². The molecule has 0 aliphatic heterocycles. The molecule has 0 fully saturated rings. The van der Waals surface area contributed by atoms with E-state index < -0.39 is 35.9 Å². The lowest BCUT2D eigenvalue weighted by Gasteiger charge is -2.24. The Kier molecular flexibility index (Phi) is 11.0. The summed E-state index contributed by atoms with van der Waals surface area (Å²) < 4.78 is 0. The van der Waals surface area contributed by atoms with Crippen LogP contribution >= 0.6 is 0 Å². The molecule has 0 saturated heterocycles. The molecule has 178 valence electrons. The van der Waals surface area contributed by atoms with Gasteiger partial charge >= 0.3 is 5.97 Å². The van der Waals surface area contributed by atoms with Crippen molar-refractivity contribution < 1.29 is 24.6 Å². The van der Waals surface area contributed by atoms with Crippen LogP contribution in [0.25, 0.3) is 0 Å². The fourth-order valence-electron chi connectivity index (χ4n) is 2.89. The Labute approximate surface area is 187 Å². The number of nitrogens with zero attached hydrogens (tertiary/aromatic N) is 1. The molecule has 0 unspecified atom stereocenters. The van der Waals surface area contributed by atoms with Gasteiger partial charge in [-0.1, -0.05) is 32.4 Å². The third-order valence-corrected chi connectivity index (χ3v) is 5.13. The van der Waals surface area contributed by atoms with Crippen molar-refractivity contribution in [1.29, 1.82) is 0 Å². The number of guanidine groups is 1. The second kappa shape index (κ2) is 13.2. The standard InChI is InChI=1S/C21H34N6O5/c1-3-12(2)17(22)19(30)27-16(11-13-6-8-14(28)9-7-13)18(29)26-15(20(31)32)5-4-10-25-21(23)24/h6-9,12,15-17,28H,3-5,10-11,22H2,1-2H3,(H,26,29)(H,27,30)(H,31,32)(H4,23,24,25)/t12-,15-,16-,17-/m0/s1. The zero-order chi connectivity index (χ0) is 24.3. The lowest BCUT2D eigenvalue weighted by Crippen LogP contribution is -2.56. The Hall–Kier alpha value is -3.34. The molecule has 0 radical (unpaired) electrons. The number of carbonyl (C=O) groups is 3. The molecule has 2 amide bonds. The summed E-state index contributed by atoms with van der Waals surface area (Å²) in [5.41, 5.74) is 17.2. The molecule has 11 heteroatoms. The van der Waals surface area contributed by atoms with Crippen LogP contribution in [0.4, 0.5) is 0 Å². The van der Waals surface area contributed by atoms with E-state index in [2.05, 4.69) is 15.6 Å². The van der Waals surface area contributed by atoms with Gasteiger partial charge in [-0.05, 0) is 36.5 Å². The van der Waals surface area contributed by atoms with E-state index in [4.69, 9.17) is 17.2 Å². The number of nitrogens with two attached hydrogens (primary N) is 3. The number of carboxylic acid groups (broad SMARTS) is 1. The van der Waals surface area contributed by atoms with Gasteiger partial charge in [0.1, 0.15) is 17.8 Å². The van der Waals surface area contributed by atoms with E-state index in [9.17, 15) is 24.6 Å². The molecule has 0 aliphatic rings. The number of benzene rings is 1. The Morgan fingerprint density at radius 1 is 1.06 bits per heavy atom. The van der Waals surface area contributed by atoms with Crippen LogP contribution in [-0.4, -0.2) is 58.6 Å². The molecule has 0 spiro atoms. The minimum absolute atomic E-state index is 0.0595. The Morgan fingerprint density at radius 2 is 1.66 bits per heavy atom. The van der Waals surface area contributed by atoms with Gasteiger partial charge in [0, 0.05) is 13.0 Å². The largest absolute Gasteiger partial charge is 0.508 e. The molecular weight excluding hydrogens is 416 g/mol. The number of carbonyl (C=O) groups excluding carboxylic acids is 2. The highest BCUT2D eigenvalue weighted by Crippen LogP contribution is 2.13. The van der Waals surface area contributed by atoms with Gasteiger partial charge in [0.05, 0.1) is 6.04 Å². The average molecular weight is 451 g/mol. The Bertz CT molecular complexity index is 794. The number of carboxylic acids is 1. The quantitative estimate of drug-likeness (QED) is 0.117. The van der Waals surface area contributed by atoms with Crippen LogP contribution in [0.3, 0.4) is 0 Å². The maximum atomic E-state index is 12.9. The first-order valence-corrected chi connectivity index (χ1v) is 10.5. The number of aliphatic imine (C=N–C) groups is 1. The summed E-state index contributed by atoms with van der Waals surface area (Å²) in [5, 5.41) is 24.0. The van der Waals surface area contributed by atoms with E-state index in [-0.39, 0.29) is 37.0 Å². The number of hydrogen-bond acceptors (Lipinski definition) is 6. The van der Waals surface area contributed by atoms with Gasteiger partial charge in [-0.2, -0.15) is 0 Å². The van der Waals surface area contributed by atoms with Crippen LogP contribution in [0.5, 0.6) is 5.75 Å². The van der Waals surface area contributed by atoms with Crippen molar-refractivity contribution >= 4 is 23.7 Å². The zero-order valence-corrected chi connectivity index (χ0v) is 18.5. The summed E-state index contributed by atoms with van der Waals surface area (Å²) in [6.45, 7) is 3.95. The number of aromatic hydroxyl groups is 1. The number of hydrogen-bond donors (Lipinski definition) is 7. The molecule has 0 aromatic heterocycles. The lowest BCUT2D eigenvalue weighted by molar-refractivity contribution is -0.142. The van der Waals surface area contributed by atoms with E-state index in [1.165, 1.54) is 12.1 Å². The first-order valence-electron chi connectivity index (χ1n) is 10.5. The van der Waals surface area contributed by atoms with Gasteiger partial charge < -0.3 is 38.0 Å². The number of amides is 2. The maximum Gasteiger partial charge on any atom is 0.326 e. The average Bonchev–Trinajstić information content (AvgIpc) is 2.75. The molecule has 0 heterocycles. The van der Waals surface area contributed by atoms with Crippen LogP contribution in [0.2, 0.25) is 0 Å². The molecule has 1 rings (SSSR count). The third kappa shape index (κ3) is 9.21. The van der Waals surface area contributed by atoms with Crippen LogP contribution in [0.1, 0.15) is 38.7 Å². The maximum absolute atomic E-state index is 12.9. The summed E-state index contributed by atoms with van der Waals surface area (Å²) >= 11 is 0. The highest BCUT2D eigenvalue weighted by Gasteiger charge is 2.29. The van der Waals surface area contributed by atoms with Crippen LogP contribution in [0.15, 0.2) is 29.3 Å². The van der Waals surface area contributed by atoms with Crippen molar-refractivity contribution in [3.63, 3.8) is 0 Å². The normalized spacial score (nSPS) is 14.5. The lowest BCUT2D eigenvalue weighted by atomic mass is 9.98. The predicted octanol–water partition coefficient (Wildman–Crippen LogP) is -0.584. The van der Waals surface area contributed by atoms with Crippen LogP contribution in [0, 0.1) is 5.92 Å². The van der Waals surface area contributed by atoms with E-state index in [0.29, 0.717) is 18.4 Å². The van der Waals surface area contributed by atoms with Crippen LogP contribution < -0.4 is 27.8 Å². The molecular formula is C21H34N6O5. The van der Waals surface area contributed by atoms with Gasteiger partial charge in [-0.15, -0.1) is 0 Å². The Morgan fingerprint density at radius 3 is 2.19 bits per heavy atom. The minimum Gasteiger partial charge on any atom is -0.508 e. The van der Waals surface area contributed by atoms with Crippen molar-refractivity contribution in [2.45, 2.75) is 57.7 Å². The summed E-state index contributed by atoms with van der Waals surface area (Å²) in [4.78, 5) is 40.9. The molecule has 10 N–H and O–H groups in total. The Balaban J connectivity index is 2.95. The first kappa shape index (κ1) is 26.7. The second-order valence-corrected chi connectivity index (χ2v) is 7.69. The smallest absolute Gasteiger partial charge is 0.326 e. The van der Waals surface area contributed by atoms with Crippen molar-refractivity contribution in [3.8, 4) is 5.75 Å². The first-order chi connectivity index (χ1) is 15.0. The van der Waals surface area contributed by atoms with Crippen molar-refractivity contribution in [3.05, 3.63) is 29.8 Å². The third-order valence-electron chi connectivity index (χ3n) is 5.13. The van der Waals surface area contributed by atoms with E-state index >= 15 is 0 Å². The number of rotatable bonds is 13. The van der Waals surface area contributed by atoms with Gasteiger partial charge in [-0.25, -0.2) is 4.79 Å². The molecule has 0 aliphatic carbocycles. The van der Waals surface area contributed by atoms with Gasteiger partial charge in [0.2, 0.25) is 11.8 Å². The molecule has 1 aromatic carbocycles. The highest BCUT2D eigenvalue weighted by molar-refractivity contribution is 5.92. The van der Waals surface area contributed by atoms with E-state index in [1.807, 2.05) is 13.8 Å². The fourth-order valence-corrected chi connectivity index (χ4v) is 2.89. The number of nitrogens with one attached hydrogen (secondary N) is 2. The molecule has 0 saturated carbocycles. The fraction of sp³-hybridized carbons (Fsp3) is 0.524. The molecule has 32 heavy (non-hydrogen) atoms. The van der Waals surface area contributed by atoms with Gasteiger partial charge in [-0.3, -0.25) is 14.6 Å². The second-order valence-electron chi connectivity index (χ2n) is 7.69. The molecule has 1 aromatic rings. The SMILES string of the molecule is CC[C@H](C)[C@H](N)C(=O)N[C@@H](Cc1ccc(O)cc1)C(=O)N[C@@H](CCCN=C(N)N)C(=O)O. The van der Waals surface area contributed by atoms with Crippen LogP contribution in [-0.2, 0) is 20.8 Å². The summed E-state index contributed by atoms with van der Waals surface area (Å²) in [7, 11) is 0. The summed E-state index contributed by atoms with van der Waals surface area (Å²) in [6.07, 6.45) is 1.21. The summed E-state index contributed by atoms with van der Waals surface area (Å²) in [5.74, 6) is -2.52. The van der Waals surface area contributed by atoms with Gasteiger partial charge in [0.25, 0.3) is 0 Å². The predicted molar refractivity (Wildman–Crippen MR) is 121 cm³/mol. The summed E-state index contributed by atoms with van der Waals surface area (Å²) in [6, 6.07) is 3.09. The minimum atomic E-state index is -1.21. The van der Waals surface area contributed by atoms with Crippen molar-refractivity contribution in [2.24, 2.45) is 28.1 Å². The molecule has 11 nitrogen and oxygen atoms in total. The van der Waals surface area contributed by atoms with E-state index in [0.717, 1.165) is 0 Å². The molecule has 0 bridgehead atoms. The number of phenols is 1. The topological polar surface area (TPSA) is 206 Å². The number of phenolic OH excluding ortho intramolecular Hbond substituents is 1.